The van der Waals surface area contributed by atoms with Gasteiger partial charge in [0.2, 0.25) is 5.40 Å². The Morgan fingerprint density at radius 1 is 1.09 bits per heavy atom. The summed E-state index contributed by atoms with van der Waals surface area (Å²) in [6, 6.07) is 3.84. The zero-order valence-electron chi connectivity index (χ0n) is 10.4. The average Bonchev–Trinajstić information content (AvgIpc) is 2.23. The fourth-order valence-corrected chi connectivity index (χ4v) is 4.78. The van der Waals surface area contributed by atoms with E-state index in [4.69, 9.17) is 19.6 Å². The summed E-state index contributed by atoms with van der Waals surface area (Å²) < 4.78 is 60.6. The fourth-order valence-electron chi connectivity index (χ4n) is 1.54. The van der Waals surface area contributed by atoms with Gasteiger partial charge >= 0.3 is 21.4 Å². The zero-order valence-corrected chi connectivity index (χ0v) is 13.0. The third kappa shape index (κ3) is 4.85. The van der Waals surface area contributed by atoms with Crippen molar-refractivity contribution in [3.63, 3.8) is 0 Å². The van der Waals surface area contributed by atoms with Crippen molar-refractivity contribution < 1.29 is 41.9 Å². The molecule has 0 saturated carbocycles. The molecule has 0 amide bonds. The van der Waals surface area contributed by atoms with Gasteiger partial charge in [0.1, 0.15) is 4.99 Å². The summed E-state index contributed by atoms with van der Waals surface area (Å²) in [5, 5.41) is -0.868. The van der Waals surface area contributed by atoms with Crippen LogP contribution >= 0.6 is 27.4 Å². The Kier molecular flexibility index (Phi) is 5.57. The quantitative estimate of drug-likeness (QED) is 0.398. The number of alkyl halides is 3. The lowest BCUT2D eigenvalue weighted by molar-refractivity contribution is -0.136. The molecule has 0 aliphatic carbocycles. The predicted molar refractivity (Wildman–Crippen MR) is 75.5 cm³/mol. The van der Waals surface area contributed by atoms with Gasteiger partial charge in [-0.05, 0) is 12.1 Å². The maximum Gasteiger partial charge on any atom is 0.418 e. The molecule has 1 rings (SSSR count). The average molecular weight is 379 g/mol. The number of hydrogen-bond donors (Lipinski definition) is 5. The minimum atomic E-state index is -5.39. The lowest BCUT2D eigenvalue weighted by Crippen LogP contribution is -2.27. The van der Waals surface area contributed by atoms with Crippen LogP contribution in [-0.2, 0) is 15.3 Å². The van der Waals surface area contributed by atoms with Crippen LogP contribution in [0.1, 0.15) is 5.56 Å². The van der Waals surface area contributed by atoms with Crippen LogP contribution in [0.25, 0.3) is 0 Å². The van der Waals surface area contributed by atoms with E-state index in [1.54, 1.807) is 0 Å². The fraction of sp³-hybridized carbons (Fsp3) is 0.222. The summed E-state index contributed by atoms with van der Waals surface area (Å²) in [7, 11) is -10.8. The molecule has 0 aliphatic rings. The molecule has 0 unspecified atom stereocenters. The highest BCUT2D eigenvalue weighted by atomic mass is 32.1. The molecule has 13 heteroatoms. The summed E-state index contributed by atoms with van der Waals surface area (Å²) in [6.07, 6.45) is -4.79. The van der Waals surface area contributed by atoms with Crippen molar-refractivity contribution in [2.75, 3.05) is 5.32 Å². The van der Waals surface area contributed by atoms with Crippen LogP contribution in [-0.4, -0.2) is 30.0 Å². The Balaban J connectivity index is 3.23. The Morgan fingerprint density at radius 3 is 1.95 bits per heavy atom. The number of rotatable bonds is 4. The number of nitrogens with one attached hydrogen (secondary N) is 1. The van der Waals surface area contributed by atoms with Gasteiger partial charge in [-0.1, -0.05) is 24.4 Å². The minimum Gasteiger partial charge on any atom is -0.348 e. The van der Waals surface area contributed by atoms with Crippen molar-refractivity contribution in [1.29, 1.82) is 0 Å². The van der Waals surface area contributed by atoms with Crippen LogP contribution < -0.4 is 5.32 Å². The molecule has 124 valence electrons. The molecule has 0 saturated heterocycles. The Morgan fingerprint density at radius 2 is 1.55 bits per heavy atom. The molecule has 0 aromatic heterocycles. The van der Waals surface area contributed by atoms with E-state index < -0.39 is 43.0 Å². The molecule has 0 atom stereocenters. The first-order valence-electron chi connectivity index (χ1n) is 5.32. The Bertz CT molecular complexity index is 648. The van der Waals surface area contributed by atoms with Crippen LogP contribution in [0.5, 0.6) is 0 Å². The minimum absolute atomic E-state index is 0.674. The van der Waals surface area contributed by atoms with Crippen LogP contribution in [0.3, 0.4) is 0 Å². The number of para-hydroxylation sites is 1. The van der Waals surface area contributed by atoms with Crippen molar-refractivity contribution in [2.24, 2.45) is 0 Å². The van der Waals surface area contributed by atoms with E-state index in [2.05, 4.69) is 12.2 Å². The van der Waals surface area contributed by atoms with Gasteiger partial charge < -0.3 is 24.9 Å². The summed E-state index contributed by atoms with van der Waals surface area (Å²) in [6.45, 7) is 0. The molecular weight excluding hydrogens is 369 g/mol. The van der Waals surface area contributed by atoms with Crippen molar-refractivity contribution in [3.05, 3.63) is 29.8 Å². The van der Waals surface area contributed by atoms with Gasteiger partial charge in [-0.3, -0.25) is 9.13 Å². The van der Waals surface area contributed by atoms with Crippen LogP contribution in [0.2, 0.25) is 0 Å². The smallest absolute Gasteiger partial charge is 0.348 e. The zero-order chi connectivity index (χ0) is 17.3. The largest absolute Gasteiger partial charge is 0.418 e. The summed E-state index contributed by atoms with van der Waals surface area (Å²) in [5.74, 6) is 0. The summed E-state index contributed by atoms with van der Waals surface area (Å²) in [4.78, 5) is 34.8. The van der Waals surface area contributed by atoms with Gasteiger partial charge in [-0.15, -0.1) is 0 Å². The summed E-state index contributed by atoms with van der Waals surface area (Å²) >= 11 is 4.47. The lowest BCUT2D eigenvalue weighted by Gasteiger charge is -2.22. The van der Waals surface area contributed by atoms with Crippen LogP contribution in [0, 0.1) is 0 Å². The van der Waals surface area contributed by atoms with Gasteiger partial charge in [-0.2, -0.15) is 13.2 Å². The first-order chi connectivity index (χ1) is 9.74. The SMILES string of the molecule is O=P(O)(O)C(C(=S)Nc1ccccc1C(F)(F)F)P(=O)(O)O. The van der Waals surface area contributed by atoms with Crippen molar-refractivity contribution in [1.82, 2.24) is 0 Å². The number of hydrogen-bond acceptors (Lipinski definition) is 3. The molecule has 7 nitrogen and oxygen atoms in total. The molecular formula is C9H10F3NO6P2S. The normalized spacial score (nSPS) is 13.3. The van der Waals surface area contributed by atoms with E-state index in [0.717, 1.165) is 12.1 Å². The Labute approximate surface area is 127 Å². The lowest BCUT2D eigenvalue weighted by atomic mass is 10.1. The van der Waals surface area contributed by atoms with Crippen LogP contribution in [0.4, 0.5) is 18.9 Å². The second kappa shape index (κ2) is 6.37. The number of halogens is 3. The number of anilines is 1. The first-order valence-corrected chi connectivity index (χ1v) is 9.09. The molecule has 0 radical (unpaired) electrons. The third-order valence-electron chi connectivity index (χ3n) is 2.36. The topological polar surface area (TPSA) is 127 Å². The van der Waals surface area contributed by atoms with Crippen molar-refractivity contribution >= 4 is 38.1 Å². The van der Waals surface area contributed by atoms with Crippen molar-refractivity contribution in [2.45, 2.75) is 11.6 Å². The molecule has 22 heavy (non-hydrogen) atoms. The van der Waals surface area contributed by atoms with Gasteiger partial charge in [0.15, 0.2) is 0 Å². The van der Waals surface area contributed by atoms with Gasteiger partial charge in [0.25, 0.3) is 0 Å². The molecule has 1 aromatic rings. The molecule has 5 N–H and O–H groups in total. The van der Waals surface area contributed by atoms with Crippen molar-refractivity contribution in [3.8, 4) is 0 Å². The van der Waals surface area contributed by atoms with E-state index in [9.17, 15) is 22.3 Å². The highest BCUT2D eigenvalue weighted by Crippen LogP contribution is 2.60. The monoisotopic (exact) mass is 379 g/mol. The summed E-state index contributed by atoms with van der Waals surface area (Å²) in [5.41, 5.74) is -1.88. The number of benzene rings is 1. The van der Waals surface area contributed by atoms with E-state index in [1.165, 1.54) is 6.07 Å². The maximum absolute atomic E-state index is 12.8. The molecule has 0 bridgehead atoms. The van der Waals surface area contributed by atoms with Gasteiger partial charge in [-0.25, -0.2) is 0 Å². The molecule has 0 spiro atoms. The van der Waals surface area contributed by atoms with E-state index in [-0.39, 0.29) is 0 Å². The highest BCUT2D eigenvalue weighted by molar-refractivity contribution is 7.85. The third-order valence-corrected chi connectivity index (χ3v) is 6.64. The molecule has 0 heterocycles. The second-order valence-corrected chi connectivity index (χ2v) is 8.32. The highest BCUT2D eigenvalue weighted by Gasteiger charge is 2.47. The Hall–Kier alpha value is -0.800. The van der Waals surface area contributed by atoms with Crippen LogP contribution in [0.15, 0.2) is 24.3 Å². The van der Waals surface area contributed by atoms with E-state index >= 15 is 0 Å². The van der Waals surface area contributed by atoms with E-state index in [1.807, 2.05) is 5.32 Å². The van der Waals surface area contributed by atoms with E-state index in [0.29, 0.717) is 6.07 Å². The standard InChI is InChI=1S/C9H10F3NO6P2S/c10-9(11,12)5-3-1-2-4-6(5)13-7(22)8(20(14,15)16)21(17,18)19/h1-4,8H,(H,13,22)(H2,14,15,16)(H2,17,18,19). The predicted octanol–water partition coefficient (Wildman–Crippen LogP) is 2.13. The van der Waals surface area contributed by atoms with Gasteiger partial charge in [0.05, 0.1) is 11.3 Å². The molecule has 0 fully saturated rings. The first kappa shape index (κ1) is 19.2. The van der Waals surface area contributed by atoms with Gasteiger partial charge in [0, 0.05) is 0 Å². The molecule has 0 aliphatic heterocycles. The number of thiocarbonyl (C=S) groups is 1. The second-order valence-electron chi connectivity index (χ2n) is 4.08. The maximum atomic E-state index is 12.8. The molecule has 1 aromatic carbocycles.